The highest BCUT2D eigenvalue weighted by Gasteiger charge is 2.59. The Morgan fingerprint density at radius 1 is 1.19 bits per heavy atom. The van der Waals surface area contributed by atoms with E-state index in [9.17, 15) is 34.8 Å². The molecule has 0 spiro atoms. The Morgan fingerprint density at radius 2 is 1.84 bits per heavy atom. The summed E-state index contributed by atoms with van der Waals surface area (Å²) in [4.78, 5) is 40.4. The first-order valence-electron chi connectivity index (χ1n) is 10.7. The molecule has 0 amide bonds. The van der Waals surface area contributed by atoms with E-state index < -0.39 is 51.9 Å². The molecule has 1 aromatic rings. The number of rotatable bonds is 3. The van der Waals surface area contributed by atoms with Crippen LogP contribution >= 0.6 is 0 Å². The van der Waals surface area contributed by atoms with Crippen LogP contribution in [0.5, 0.6) is 5.75 Å². The number of anilines is 1. The molecule has 0 aliphatic heterocycles. The Bertz CT molecular complexity index is 1140. The van der Waals surface area contributed by atoms with Gasteiger partial charge in [0, 0.05) is 37.7 Å². The number of benzene rings is 1. The maximum Gasteiger partial charge on any atom is 0.209 e. The van der Waals surface area contributed by atoms with Crippen LogP contribution in [0, 0.1) is 11.8 Å². The number of hydrogen-bond donors (Lipinski definition) is 4. The van der Waals surface area contributed by atoms with Gasteiger partial charge in [-0.25, -0.2) is 0 Å². The Labute approximate surface area is 185 Å². The zero-order chi connectivity index (χ0) is 23.7. The Morgan fingerprint density at radius 3 is 2.41 bits per heavy atom. The minimum Gasteiger partial charge on any atom is -0.511 e. The number of phenols is 1. The van der Waals surface area contributed by atoms with Gasteiger partial charge >= 0.3 is 0 Å². The lowest BCUT2D eigenvalue weighted by atomic mass is 9.60. The minimum absolute atomic E-state index is 0.0707. The Balaban J connectivity index is 1.95. The average Bonchev–Trinajstić information content (AvgIpc) is 2.70. The molecule has 3 aliphatic carbocycles. The number of nitrogens with zero attached hydrogens (tertiary/aromatic N) is 1. The first kappa shape index (κ1) is 22.1. The topological polar surface area (TPSA) is 135 Å². The van der Waals surface area contributed by atoms with Crippen molar-refractivity contribution in [2.24, 2.45) is 11.8 Å². The van der Waals surface area contributed by atoms with E-state index in [1.165, 1.54) is 0 Å². The van der Waals surface area contributed by atoms with E-state index in [0.717, 1.165) is 12.6 Å². The van der Waals surface area contributed by atoms with Crippen molar-refractivity contribution in [1.82, 2.24) is 0 Å². The van der Waals surface area contributed by atoms with Crippen molar-refractivity contribution in [3.05, 3.63) is 45.4 Å². The number of fused-ring (bicyclic) bond motifs is 3. The molecule has 0 saturated carbocycles. The summed E-state index contributed by atoms with van der Waals surface area (Å²) in [5, 5.41) is 43.5. The van der Waals surface area contributed by atoms with E-state index in [2.05, 4.69) is 0 Å². The van der Waals surface area contributed by atoms with Gasteiger partial charge in [-0.2, -0.15) is 0 Å². The number of hydrogen-bond acceptors (Lipinski definition) is 8. The highest BCUT2D eigenvalue weighted by atomic mass is 16.3. The number of aliphatic hydroxyl groups excluding tert-OH is 2. The Hall–Kier alpha value is -3.13. The van der Waals surface area contributed by atoms with Crippen molar-refractivity contribution >= 4 is 23.0 Å². The molecule has 1 aromatic carbocycles. The molecule has 0 fully saturated rings. The quantitative estimate of drug-likeness (QED) is 0.525. The molecule has 32 heavy (non-hydrogen) atoms. The maximum absolute atomic E-state index is 13.6. The van der Waals surface area contributed by atoms with Crippen molar-refractivity contribution in [2.45, 2.75) is 45.1 Å². The third-order valence-electron chi connectivity index (χ3n) is 7.09. The first-order valence-corrected chi connectivity index (χ1v) is 10.7. The van der Waals surface area contributed by atoms with Crippen LogP contribution in [0.1, 0.15) is 48.2 Å². The summed E-state index contributed by atoms with van der Waals surface area (Å²) in [6, 6.07) is 1.84. The SMILES string of the molecule is CCc1cc(N(C)C)c2c(c1O)C(=O)C1=C(O)[C@]3(O)C(=O)C(C(C)=O)=C(O)C[C@@H]3C[C@@H]1C2. The van der Waals surface area contributed by atoms with Crippen LogP contribution in [0.25, 0.3) is 0 Å². The van der Waals surface area contributed by atoms with Crippen LogP contribution in [-0.4, -0.2) is 57.5 Å². The van der Waals surface area contributed by atoms with Gasteiger partial charge in [0.05, 0.1) is 5.56 Å². The van der Waals surface area contributed by atoms with E-state index >= 15 is 0 Å². The van der Waals surface area contributed by atoms with Crippen LogP contribution in [0.4, 0.5) is 5.69 Å². The van der Waals surface area contributed by atoms with Gasteiger partial charge in [0.15, 0.2) is 17.2 Å². The smallest absolute Gasteiger partial charge is 0.209 e. The van der Waals surface area contributed by atoms with Crippen molar-refractivity contribution < 1.29 is 34.8 Å². The zero-order valence-electron chi connectivity index (χ0n) is 18.5. The largest absolute Gasteiger partial charge is 0.511 e. The number of aromatic hydroxyl groups is 1. The summed E-state index contributed by atoms with van der Waals surface area (Å²) < 4.78 is 0. The molecule has 3 atom stereocenters. The molecule has 0 bridgehead atoms. The molecule has 0 unspecified atom stereocenters. The predicted molar refractivity (Wildman–Crippen MR) is 116 cm³/mol. The molecule has 3 aliphatic rings. The molecular formula is C24H27NO7. The lowest BCUT2D eigenvalue weighted by Gasteiger charge is -2.46. The molecular weight excluding hydrogens is 414 g/mol. The fraction of sp³-hybridized carbons (Fsp3) is 0.458. The van der Waals surface area contributed by atoms with Crippen molar-refractivity contribution in [2.75, 3.05) is 19.0 Å². The van der Waals surface area contributed by atoms with Gasteiger partial charge in [-0.05, 0) is 49.3 Å². The standard InChI is InChI=1S/C24H27NO7/c1-5-11-8-15(25(3)4)14-7-12-6-13-9-16(27)17(10(2)26)22(30)24(13,32)23(31)18(12)21(29)19(14)20(11)28/h8,12-13,27-28,31-32H,5-7,9H2,1-4H3/t12-,13+,24-/m1/s1. The van der Waals surface area contributed by atoms with Crippen molar-refractivity contribution in [1.29, 1.82) is 0 Å². The molecule has 0 aromatic heterocycles. The van der Waals surface area contributed by atoms with Gasteiger partial charge < -0.3 is 25.3 Å². The van der Waals surface area contributed by atoms with Gasteiger partial charge in [0.25, 0.3) is 0 Å². The highest BCUT2D eigenvalue weighted by Crippen LogP contribution is 2.52. The van der Waals surface area contributed by atoms with Crippen molar-refractivity contribution in [3.63, 3.8) is 0 Å². The fourth-order valence-electron chi connectivity index (χ4n) is 5.50. The second-order valence-corrected chi connectivity index (χ2v) is 9.11. The summed E-state index contributed by atoms with van der Waals surface area (Å²) >= 11 is 0. The Kier molecular flexibility index (Phi) is 4.97. The molecule has 170 valence electrons. The molecule has 8 heteroatoms. The molecule has 8 nitrogen and oxygen atoms in total. The van der Waals surface area contributed by atoms with E-state index in [0.29, 0.717) is 24.0 Å². The number of allylic oxidation sites excluding steroid dienone is 2. The number of Topliss-reactive ketones (excluding diaryl/α,β-unsaturated/α-hetero) is 3. The number of carbonyl (C=O) groups is 3. The van der Waals surface area contributed by atoms with Crippen LogP contribution in [0.3, 0.4) is 0 Å². The normalized spacial score (nSPS) is 27.2. The highest BCUT2D eigenvalue weighted by molar-refractivity contribution is 6.25. The molecule has 0 radical (unpaired) electrons. The van der Waals surface area contributed by atoms with Crippen molar-refractivity contribution in [3.8, 4) is 5.75 Å². The summed E-state index contributed by atoms with van der Waals surface area (Å²) in [5.41, 5.74) is -1.05. The second kappa shape index (κ2) is 7.20. The predicted octanol–water partition coefficient (Wildman–Crippen LogP) is 2.31. The van der Waals surface area contributed by atoms with Crippen LogP contribution < -0.4 is 4.90 Å². The number of aliphatic hydroxyl groups is 3. The summed E-state index contributed by atoms with van der Waals surface area (Å²) in [5.74, 6) is -5.19. The number of aryl methyl sites for hydroxylation is 1. The molecule has 4 N–H and O–H groups in total. The summed E-state index contributed by atoms with van der Waals surface area (Å²) in [6.45, 7) is 2.95. The van der Waals surface area contributed by atoms with E-state index in [1.54, 1.807) is 0 Å². The number of carbonyl (C=O) groups excluding carboxylic acids is 3. The van der Waals surface area contributed by atoms with E-state index in [-0.39, 0.29) is 29.7 Å². The fourth-order valence-corrected chi connectivity index (χ4v) is 5.50. The maximum atomic E-state index is 13.6. The average molecular weight is 441 g/mol. The van der Waals surface area contributed by atoms with Gasteiger partial charge in [-0.15, -0.1) is 0 Å². The summed E-state index contributed by atoms with van der Waals surface area (Å²) in [7, 11) is 3.68. The second-order valence-electron chi connectivity index (χ2n) is 9.11. The van der Waals surface area contributed by atoms with Gasteiger partial charge in [0.2, 0.25) is 5.78 Å². The number of phenolic OH excluding ortho intramolecular Hbond substituents is 1. The third kappa shape index (κ3) is 2.75. The zero-order valence-corrected chi connectivity index (χ0v) is 18.5. The third-order valence-corrected chi connectivity index (χ3v) is 7.09. The molecule has 0 saturated heterocycles. The van der Waals surface area contributed by atoms with Gasteiger partial charge in [-0.3, -0.25) is 14.4 Å². The van der Waals surface area contributed by atoms with Crippen LogP contribution in [0.2, 0.25) is 0 Å². The summed E-state index contributed by atoms with van der Waals surface area (Å²) in [6.07, 6.45) is 0.798. The van der Waals surface area contributed by atoms with E-state index in [1.807, 2.05) is 32.0 Å². The lowest BCUT2D eigenvalue weighted by molar-refractivity contribution is -0.144. The lowest BCUT2D eigenvalue weighted by Crippen LogP contribution is -2.56. The van der Waals surface area contributed by atoms with Gasteiger partial charge in [-0.1, -0.05) is 6.92 Å². The van der Waals surface area contributed by atoms with E-state index in [4.69, 9.17) is 0 Å². The minimum atomic E-state index is -2.46. The van der Waals surface area contributed by atoms with Gasteiger partial charge in [0.1, 0.15) is 22.8 Å². The monoisotopic (exact) mass is 441 g/mol. The molecule has 0 heterocycles. The van der Waals surface area contributed by atoms with Crippen LogP contribution in [0.15, 0.2) is 28.7 Å². The number of ketones is 3. The first-order chi connectivity index (χ1) is 14.9. The molecule has 4 rings (SSSR count). The van der Waals surface area contributed by atoms with Crippen LogP contribution in [-0.2, 0) is 22.4 Å².